The van der Waals surface area contributed by atoms with Crippen LogP contribution in [0.3, 0.4) is 0 Å². The first-order chi connectivity index (χ1) is 13.6. The number of aryl methyl sites for hydroxylation is 1. The summed E-state index contributed by atoms with van der Waals surface area (Å²) >= 11 is 0. The zero-order valence-corrected chi connectivity index (χ0v) is 15.7. The van der Waals surface area contributed by atoms with E-state index in [0.717, 1.165) is 11.3 Å². The number of benzene rings is 2. The van der Waals surface area contributed by atoms with Crippen molar-refractivity contribution in [2.24, 2.45) is 7.05 Å². The Morgan fingerprint density at radius 3 is 2.61 bits per heavy atom. The van der Waals surface area contributed by atoms with Gasteiger partial charge in [0.2, 0.25) is 6.79 Å². The Kier molecular flexibility index (Phi) is 4.52. The molecule has 0 saturated heterocycles. The van der Waals surface area contributed by atoms with E-state index in [4.69, 9.17) is 18.9 Å². The molecule has 0 aliphatic carbocycles. The SMILES string of the molecule is COc1ccc(NC(=O)c2cc(-c3ccc4c(c3)OCO4)n(C)n2)cc1OC. The van der Waals surface area contributed by atoms with E-state index in [1.807, 2.05) is 18.2 Å². The van der Waals surface area contributed by atoms with Gasteiger partial charge in [-0.3, -0.25) is 9.48 Å². The monoisotopic (exact) mass is 381 g/mol. The van der Waals surface area contributed by atoms with E-state index < -0.39 is 0 Å². The number of rotatable bonds is 5. The van der Waals surface area contributed by atoms with E-state index in [-0.39, 0.29) is 12.7 Å². The average molecular weight is 381 g/mol. The first kappa shape index (κ1) is 17.7. The van der Waals surface area contributed by atoms with Crippen LogP contribution in [0.2, 0.25) is 0 Å². The Labute approximate surface area is 161 Å². The molecule has 3 aromatic rings. The molecule has 2 heterocycles. The minimum atomic E-state index is -0.324. The van der Waals surface area contributed by atoms with Crippen molar-refractivity contribution in [2.45, 2.75) is 0 Å². The summed E-state index contributed by atoms with van der Waals surface area (Å²) in [6.45, 7) is 0.211. The molecule has 144 valence electrons. The highest BCUT2D eigenvalue weighted by molar-refractivity contribution is 6.03. The van der Waals surface area contributed by atoms with Crippen molar-refractivity contribution in [3.8, 4) is 34.3 Å². The van der Waals surface area contributed by atoms with Gasteiger partial charge in [-0.05, 0) is 36.4 Å². The Morgan fingerprint density at radius 2 is 1.82 bits per heavy atom. The van der Waals surface area contributed by atoms with Gasteiger partial charge in [0.05, 0.1) is 19.9 Å². The maximum absolute atomic E-state index is 12.6. The number of fused-ring (bicyclic) bond motifs is 1. The van der Waals surface area contributed by atoms with E-state index in [0.29, 0.717) is 34.4 Å². The van der Waals surface area contributed by atoms with Gasteiger partial charge in [0.15, 0.2) is 28.7 Å². The molecular weight excluding hydrogens is 362 g/mol. The Hall–Kier alpha value is -3.68. The summed E-state index contributed by atoms with van der Waals surface area (Å²) in [6, 6.07) is 12.5. The second kappa shape index (κ2) is 7.15. The number of methoxy groups -OCH3 is 2. The zero-order valence-electron chi connectivity index (χ0n) is 15.7. The van der Waals surface area contributed by atoms with Gasteiger partial charge >= 0.3 is 0 Å². The highest BCUT2D eigenvalue weighted by atomic mass is 16.7. The van der Waals surface area contributed by atoms with Crippen molar-refractivity contribution in [2.75, 3.05) is 26.3 Å². The van der Waals surface area contributed by atoms with Gasteiger partial charge in [-0.2, -0.15) is 5.10 Å². The number of carbonyl (C=O) groups excluding carboxylic acids is 1. The minimum absolute atomic E-state index is 0.211. The summed E-state index contributed by atoms with van der Waals surface area (Å²) in [6.07, 6.45) is 0. The molecule has 1 N–H and O–H groups in total. The zero-order chi connectivity index (χ0) is 19.7. The van der Waals surface area contributed by atoms with Crippen molar-refractivity contribution in [3.63, 3.8) is 0 Å². The first-order valence-corrected chi connectivity index (χ1v) is 8.56. The number of anilines is 1. The molecular formula is C20H19N3O5. The van der Waals surface area contributed by atoms with Crippen LogP contribution in [0.4, 0.5) is 5.69 Å². The number of amides is 1. The Bertz CT molecular complexity index is 1040. The molecule has 1 aliphatic rings. The van der Waals surface area contributed by atoms with E-state index in [2.05, 4.69) is 10.4 Å². The normalized spacial score (nSPS) is 12.0. The number of nitrogens with one attached hydrogen (secondary N) is 1. The summed E-state index contributed by atoms with van der Waals surface area (Å²) in [5, 5.41) is 7.15. The van der Waals surface area contributed by atoms with E-state index in [1.165, 1.54) is 0 Å². The van der Waals surface area contributed by atoms with E-state index in [1.54, 1.807) is 50.2 Å². The summed E-state index contributed by atoms with van der Waals surface area (Å²) in [4.78, 5) is 12.6. The highest BCUT2D eigenvalue weighted by Crippen LogP contribution is 2.36. The van der Waals surface area contributed by atoms with Gasteiger partial charge in [0.25, 0.3) is 5.91 Å². The maximum atomic E-state index is 12.6. The van der Waals surface area contributed by atoms with Crippen LogP contribution < -0.4 is 24.3 Å². The summed E-state index contributed by atoms with van der Waals surface area (Å²) in [5.41, 5.74) is 2.54. The van der Waals surface area contributed by atoms with Crippen LogP contribution in [0.5, 0.6) is 23.0 Å². The van der Waals surface area contributed by atoms with Crippen LogP contribution in [-0.2, 0) is 7.05 Å². The standard InChI is InChI=1S/C20H19N3O5/c1-23-15(12-4-6-17-19(8-12)28-11-27-17)10-14(22-23)20(24)21-13-5-7-16(25-2)18(9-13)26-3/h4-10H,11H2,1-3H3,(H,21,24). The molecule has 8 heteroatoms. The fourth-order valence-corrected chi connectivity index (χ4v) is 3.01. The molecule has 0 atom stereocenters. The number of carbonyl (C=O) groups is 1. The van der Waals surface area contributed by atoms with Crippen LogP contribution in [0.25, 0.3) is 11.3 Å². The molecule has 0 spiro atoms. The molecule has 0 radical (unpaired) electrons. The second-order valence-corrected chi connectivity index (χ2v) is 6.13. The predicted molar refractivity (Wildman–Crippen MR) is 102 cm³/mol. The third-order valence-electron chi connectivity index (χ3n) is 4.42. The van der Waals surface area contributed by atoms with Gasteiger partial charge in [-0.15, -0.1) is 0 Å². The number of nitrogens with zero attached hydrogens (tertiary/aromatic N) is 2. The van der Waals surface area contributed by atoms with Gasteiger partial charge in [0.1, 0.15) is 0 Å². The lowest BCUT2D eigenvalue weighted by Crippen LogP contribution is -2.13. The van der Waals surface area contributed by atoms with Crippen LogP contribution in [-0.4, -0.2) is 36.7 Å². The molecule has 1 aliphatic heterocycles. The number of hydrogen-bond donors (Lipinski definition) is 1. The molecule has 8 nitrogen and oxygen atoms in total. The second-order valence-electron chi connectivity index (χ2n) is 6.13. The fraction of sp³-hybridized carbons (Fsp3) is 0.200. The lowest BCUT2D eigenvalue weighted by Gasteiger charge is -2.09. The molecule has 0 fully saturated rings. The quantitative estimate of drug-likeness (QED) is 0.731. The summed E-state index contributed by atoms with van der Waals surface area (Å²) in [7, 11) is 4.88. The van der Waals surface area contributed by atoms with Crippen molar-refractivity contribution in [1.82, 2.24) is 9.78 Å². The lowest BCUT2D eigenvalue weighted by atomic mass is 10.1. The van der Waals surface area contributed by atoms with Gasteiger partial charge in [-0.25, -0.2) is 0 Å². The number of hydrogen-bond acceptors (Lipinski definition) is 6. The van der Waals surface area contributed by atoms with Gasteiger partial charge < -0.3 is 24.3 Å². The van der Waals surface area contributed by atoms with Crippen molar-refractivity contribution < 1.29 is 23.7 Å². The molecule has 4 rings (SSSR count). The van der Waals surface area contributed by atoms with Crippen molar-refractivity contribution in [1.29, 1.82) is 0 Å². The molecule has 0 unspecified atom stereocenters. The van der Waals surface area contributed by atoms with Crippen LogP contribution in [0, 0.1) is 0 Å². The van der Waals surface area contributed by atoms with Crippen molar-refractivity contribution >= 4 is 11.6 Å². The minimum Gasteiger partial charge on any atom is -0.493 e. The highest BCUT2D eigenvalue weighted by Gasteiger charge is 2.18. The molecule has 2 aromatic carbocycles. The van der Waals surface area contributed by atoms with Crippen LogP contribution in [0.15, 0.2) is 42.5 Å². The average Bonchev–Trinajstić information content (AvgIpc) is 3.33. The Morgan fingerprint density at radius 1 is 1.04 bits per heavy atom. The molecule has 0 bridgehead atoms. The number of ether oxygens (including phenoxy) is 4. The third-order valence-corrected chi connectivity index (χ3v) is 4.42. The fourth-order valence-electron chi connectivity index (χ4n) is 3.01. The van der Waals surface area contributed by atoms with E-state index in [9.17, 15) is 4.79 Å². The molecule has 1 amide bonds. The summed E-state index contributed by atoms with van der Waals surface area (Å²) in [5.74, 6) is 2.17. The van der Waals surface area contributed by atoms with E-state index >= 15 is 0 Å². The first-order valence-electron chi connectivity index (χ1n) is 8.56. The smallest absolute Gasteiger partial charge is 0.276 e. The predicted octanol–water partition coefficient (Wildman–Crippen LogP) is 3.09. The van der Waals surface area contributed by atoms with Gasteiger partial charge in [-0.1, -0.05) is 0 Å². The third kappa shape index (κ3) is 3.20. The number of aromatic nitrogens is 2. The topological polar surface area (TPSA) is 83.8 Å². The molecule has 1 aromatic heterocycles. The summed E-state index contributed by atoms with van der Waals surface area (Å²) < 4.78 is 22.9. The molecule has 0 saturated carbocycles. The van der Waals surface area contributed by atoms with Gasteiger partial charge in [0, 0.05) is 24.4 Å². The van der Waals surface area contributed by atoms with Crippen LogP contribution >= 0.6 is 0 Å². The molecule has 28 heavy (non-hydrogen) atoms. The van der Waals surface area contributed by atoms with Crippen molar-refractivity contribution in [3.05, 3.63) is 48.2 Å². The maximum Gasteiger partial charge on any atom is 0.276 e. The van der Waals surface area contributed by atoms with Crippen LogP contribution in [0.1, 0.15) is 10.5 Å². The largest absolute Gasteiger partial charge is 0.493 e. The lowest BCUT2D eigenvalue weighted by molar-refractivity contribution is 0.102. The Balaban J connectivity index is 1.57.